The van der Waals surface area contributed by atoms with E-state index in [0.717, 1.165) is 26.5 Å². The van der Waals surface area contributed by atoms with Gasteiger partial charge in [-0.2, -0.15) is 0 Å². The van der Waals surface area contributed by atoms with Crippen LogP contribution in [-0.2, 0) is 0 Å². The van der Waals surface area contributed by atoms with E-state index in [4.69, 9.17) is 16.3 Å². The van der Waals surface area contributed by atoms with Crippen molar-refractivity contribution in [1.29, 1.82) is 0 Å². The lowest BCUT2D eigenvalue weighted by atomic mass is 10.0. The van der Waals surface area contributed by atoms with E-state index in [1.165, 1.54) is 6.20 Å². The molecule has 0 saturated carbocycles. The van der Waals surface area contributed by atoms with Crippen molar-refractivity contribution >= 4 is 33.3 Å². The Balaban J connectivity index is 1.71. The van der Waals surface area contributed by atoms with Crippen LogP contribution in [0.2, 0.25) is 5.02 Å². The third kappa shape index (κ3) is 3.35. The highest BCUT2D eigenvalue weighted by molar-refractivity contribution is 6.33. The lowest BCUT2D eigenvalue weighted by Gasteiger charge is -2.11. The van der Waals surface area contributed by atoms with Gasteiger partial charge in [-0.05, 0) is 42.8 Å². The standard InChI is InChI=1S/C25H18ClN3O3/c1-2-32-17-8-10-21(26)20(12-17)15-7-9-19-22(11-15)28-25(31)29(24(19)30)23-14-27-13-16-5-3-4-6-18(16)23/h3-14H,2H2,1H3,(H,28,31). The van der Waals surface area contributed by atoms with E-state index < -0.39 is 11.2 Å². The third-order valence-corrected chi connectivity index (χ3v) is 5.68. The van der Waals surface area contributed by atoms with Crippen molar-refractivity contribution in [2.75, 3.05) is 6.61 Å². The van der Waals surface area contributed by atoms with Crippen molar-refractivity contribution in [3.8, 4) is 22.6 Å². The number of nitrogens with one attached hydrogen (secondary N) is 1. The molecule has 6 nitrogen and oxygen atoms in total. The summed E-state index contributed by atoms with van der Waals surface area (Å²) in [5, 5.41) is 2.55. The van der Waals surface area contributed by atoms with Crippen molar-refractivity contribution < 1.29 is 4.74 Å². The van der Waals surface area contributed by atoms with Crippen LogP contribution in [0.3, 0.4) is 0 Å². The van der Waals surface area contributed by atoms with Crippen molar-refractivity contribution in [3.05, 3.63) is 98.9 Å². The topological polar surface area (TPSA) is 77.0 Å². The number of aromatic amines is 1. The zero-order chi connectivity index (χ0) is 22.2. The predicted octanol–water partition coefficient (Wildman–Crippen LogP) is 4.95. The van der Waals surface area contributed by atoms with Crippen LogP contribution in [0.15, 0.2) is 82.6 Å². The van der Waals surface area contributed by atoms with E-state index in [9.17, 15) is 9.59 Å². The van der Waals surface area contributed by atoms with Gasteiger partial charge < -0.3 is 9.72 Å². The fourth-order valence-corrected chi connectivity index (χ4v) is 4.09. The third-order valence-electron chi connectivity index (χ3n) is 5.35. The second-order valence-corrected chi connectivity index (χ2v) is 7.69. The van der Waals surface area contributed by atoms with E-state index in [2.05, 4.69) is 9.97 Å². The maximum Gasteiger partial charge on any atom is 0.333 e. The first-order valence-corrected chi connectivity index (χ1v) is 10.5. The Bertz CT molecular complexity index is 1600. The number of rotatable bonds is 4. The Morgan fingerprint density at radius 1 is 1.00 bits per heavy atom. The molecule has 0 aliphatic heterocycles. The number of halogens is 1. The summed E-state index contributed by atoms with van der Waals surface area (Å²) in [6.07, 6.45) is 3.23. The van der Waals surface area contributed by atoms with E-state index >= 15 is 0 Å². The maximum absolute atomic E-state index is 13.3. The van der Waals surface area contributed by atoms with Crippen LogP contribution in [0.1, 0.15) is 6.92 Å². The van der Waals surface area contributed by atoms with Crippen LogP contribution in [0.5, 0.6) is 5.75 Å². The summed E-state index contributed by atoms with van der Waals surface area (Å²) < 4.78 is 6.70. The molecule has 32 heavy (non-hydrogen) atoms. The molecule has 0 fully saturated rings. The monoisotopic (exact) mass is 443 g/mol. The Morgan fingerprint density at radius 3 is 2.69 bits per heavy atom. The first-order chi connectivity index (χ1) is 15.6. The van der Waals surface area contributed by atoms with Crippen LogP contribution in [0.4, 0.5) is 0 Å². The van der Waals surface area contributed by atoms with Crippen LogP contribution in [-0.4, -0.2) is 21.1 Å². The van der Waals surface area contributed by atoms with Crippen molar-refractivity contribution in [3.63, 3.8) is 0 Å². The molecule has 5 rings (SSSR count). The molecule has 0 bridgehead atoms. The number of nitrogens with zero attached hydrogens (tertiary/aromatic N) is 2. The van der Waals surface area contributed by atoms with Gasteiger partial charge in [-0.1, -0.05) is 41.9 Å². The first-order valence-electron chi connectivity index (χ1n) is 10.1. The summed E-state index contributed by atoms with van der Waals surface area (Å²) in [5.41, 5.74) is 1.44. The lowest BCUT2D eigenvalue weighted by molar-refractivity contribution is 0.340. The zero-order valence-corrected chi connectivity index (χ0v) is 17.9. The predicted molar refractivity (Wildman–Crippen MR) is 127 cm³/mol. The molecule has 2 aromatic heterocycles. The fraction of sp³-hybridized carbons (Fsp3) is 0.0800. The van der Waals surface area contributed by atoms with Gasteiger partial charge in [0.1, 0.15) is 5.75 Å². The molecule has 2 heterocycles. The summed E-state index contributed by atoms with van der Waals surface area (Å²) in [5.74, 6) is 0.694. The summed E-state index contributed by atoms with van der Waals surface area (Å²) in [6, 6.07) is 18.2. The summed E-state index contributed by atoms with van der Waals surface area (Å²) in [6.45, 7) is 2.44. The van der Waals surface area contributed by atoms with Gasteiger partial charge in [0.15, 0.2) is 0 Å². The minimum Gasteiger partial charge on any atom is -0.494 e. The molecular weight excluding hydrogens is 426 g/mol. The Labute approximate surface area is 187 Å². The maximum atomic E-state index is 13.3. The Kier molecular flexibility index (Phi) is 4.99. The van der Waals surface area contributed by atoms with Crippen molar-refractivity contribution in [2.24, 2.45) is 0 Å². The van der Waals surface area contributed by atoms with Crippen molar-refractivity contribution in [1.82, 2.24) is 14.5 Å². The highest BCUT2D eigenvalue weighted by atomic mass is 35.5. The first kappa shape index (κ1) is 20.0. The van der Waals surface area contributed by atoms with Gasteiger partial charge in [-0.15, -0.1) is 0 Å². The minimum absolute atomic E-state index is 0.387. The quantitative estimate of drug-likeness (QED) is 0.426. The number of H-pyrrole nitrogens is 1. The van der Waals surface area contributed by atoms with Gasteiger partial charge in [0.25, 0.3) is 5.56 Å². The molecule has 0 radical (unpaired) electrons. The second-order valence-electron chi connectivity index (χ2n) is 7.29. The van der Waals surface area contributed by atoms with Gasteiger partial charge >= 0.3 is 5.69 Å². The average molecular weight is 444 g/mol. The molecule has 3 aromatic carbocycles. The van der Waals surface area contributed by atoms with Crippen molar-refractivity contribution in [2.45, 2.75) is 6.92 Å². The van der Waals surface area contributed by atoms with Gasteiger partial charge in [-0.3, -0.25) is 9.78 Å². The van der Waals surface area contributed by atoms with Gasteiger partial charge in [0, 0.05) is 27.6 Å². The van der Waals surface area contributed by atoms with Crippen LogP contribution >= 0.6 is 11.6 Å². The highest BCUT2D eigenvalue weighted by Crippen LogP contribution is 2.32. The van der Waals surface area contributed by atoms with Gasteiger partial charge in [-0.25, -0.2) is 9.36 Å². The molecule has 7 heteroatoms. The highest BCUT2D eigenvalue weighted by Gasteiger charge is 2.14. The number of fused-ring (bicyclic) bond motifs is 2. The molecule has 0 unspecified atom stereocenters. The molecule has 1 N–H and O–H groups in total. The van der Waals surface area contributed by atoms with E-state index in [0.29, 0.717) is 34.0 Å². The molecule has 0 spiro atoms. The number of pyridine rings is 1. The molecule has 5 aromatic rings. The average Bonchev–Trinajstić information content (AvgIpc) is 2.80. The van der Waals surface area contributed by atoms with E-state index in [1.54, 1.807) is 30.5 Å². The normalized spacial score (nSPS) is 11.2. The number of benzene rings is 3. The summed E-state index contributed by atoms with van der Waals surface area (Å²) >= 11 is 6.41. The molecular formula is C25H18ClN3O3. The molecule has 0 amide bonds. The smallest absolute Gasteiger partial charge is 0.333 e. The molecule has 158 valence electrons. The van der Waals surface area contributed by atoms with Crippen LogP contribution in [0, 0.1) is 0 Å². The van der Waals surface area contributed by atoms with E-state index in [-0.39, 0.29) is 0 Å². The molecule has 0 atom stereocenters. The number of hydrogen-bond donors (Lipinski definition) is 1. The minimum atomic E-state index is -0.535. The van der Waals surface area contributed by atoms with Gasteiger partial charge in [0.2, 0.25) is 0 Å². The number of aromatic nitrogens is 3. The second kappa shape index (κ2) is 7.98. The molecule has 0 aliphatic carbocycles. The lowest BCUT2D eigenvalue weighted by Crippen LogP contribution is -2.33. The fourth-order valence-electron chi connectivity index (χ4n) is 3.87. The van der Waals surface area contributed by atoms with E-state index in [1.807, 2.05) is 43.3 Å². The van der Waals surface area contributed by atoms with Crippen LogP contribution < -0.4 is 16.0 Å². The number of hydrogen-bond acceptors (Lipinski definition) is 4. The van der Waals surface area contributed by atoms with Crippen LogP contribution in [0.25, 0.3) is 38.5 Å². The number of ether oxygens (including phenoxy) is 1. The molecule has 0 aliphatic rings. The summed E-state index contributed by atoms with van der Waals surface area (Å²) in [4.78, 5) is 33.3. The van der Waals surface area contributed by atoms with Gasteiger partial charge in [0.05, 0.1) is 29.4 Å². The zero-order valence-electron chi connectivity index (χ0n) is 17.1. The summed E-state index contributed by atoms with van der Waals surface area (Å²) in [7, 11) is 0. The molecule has 0 saturated heterocycles. The largest absolute Gasteiger partial charge is 0.494 e. The Hall–Kier alpha value is -3.90. The SMILES string of the molecule is CCOc1ccc(Cl)c(-c2ccc3c(=O)n(-c4cncc5ccccc45)c(=O)[nH]c3c2)c1. The Morgan fingerprint density at radius 2 is 1.84 bits per heavy atom.